The minimum absolute atomic E-state index is 0.138. The number of aromatic nitrogens is 3. The van der Waals surface area contributed by atoms with E-state index < -0.39 is 5.97 Å². The highest BCUT2D eigenvalue weighted by atomic mass is 35.5. The Hall–Kier alpha value is -1.66. The summed E-state index contributed by atoms with van der Waals surface area (Å²) >= 11 is 7.09. The van der Waals surface area contributed by atoms with Gasteiger partial charge in [-0.05, 0) is 43.3 Å². The quantitative estimate of drug-likeness (QED) is 0.938. The van der Waals surface area contributed by atoms with Crippen molar-refractivity contribution in [2.45, 2.75) is 23.9 Å². The number of carboxylic acids is 1. The Labute approximate surface area is 119 Å². The Morgan fingerprint density at radius 3 is 2.68 bits per heavy atom. The predicted octanol–water partition coefficient (Wildman–Crippen LogP) is 2.99. The summed E-state index contributed by atoms with van der Waals surface area (Å²) in [4.78, 5) is 15.4. The minimum atomic E-state index is -1.04. The average molecular weight is 296 g/mol. The maximum absolute atomic E-state index is 11.3. The van der Waals surface area contributed by atoms with E-state index in [-0.39, 0.29) is 10.6 Å². The molecule has 0 amide bonds. The Balaban J connectivity index is 2.49. The molecule has 0 aliphatic heterocycles. The maximum atomic E-state index is 11.3. The fraction of sp³-hybridized carbons (Fsp3) is 0.167. The van der Waals surface area contributed by atoms with Crippen LogP contribution in [0.1, 0.15) is 21.6 Å². The van der Waals surface area contributed by atoms with E-state index in [1.165, 1.54) is 0 Å². The van der Waals surface area contributed by atoms with Gasteiger partial charge in [-0.25, -0.2) is 9.78 Å². The van der Waals surface area contributed by atoms with Gasteiger partial charge in [0.2, 0.25) is 0 Å². The van der Waals surface area contributed by atoms with Crippen molar-refractivity contribution in [1.82, 2.24) is 15.2 Å². The van der Waals surface area contributed by atoms with Crippen LogP contribution in [-0.2, 0) is 0 Å². The van der Waals surface area contributed by atoms with E-state index in [2.05, 4.69) is 15.2 Å². The minimum Gasteiger partial charge on any atom is -0.478 e. The molecule has 0 saturated carbocycles. The SMILES string of the molecule is Cc1nnc(Sc2ncccc2Cl)c(C(=O)O)c1C. The molecule has 2 heterocycles. The summed E-state index contributed by atoms with van der Waals surface area (Å²) in [7, 11) is 0. The lowest BCUT2D eigenvalue weighted by atomic mass is 10.1. The fourth-order valence-electron chi connectivity index (χ4n) is 1.45. The van der Waals surface area contributed by atoms with Crippen molar-refractivity contribution in [3.8, 4) is 0 Å². The Morgan fingerprint density at radius 1 is 1.32 bits per heavy atom. The van der Waals surface area contributed by atoms with E-state index in [0.29, 0.717) is 21.3 Å². The van der Waals surface area contributed by atoms with Gasteiger partial charge in [0, 0.05) is 6.20 Å². The van der Waals surface area contributed by atoms with Crippen LogP contribution in [0.25, 0.3) is 0 Å². The number of carbonyl (C=O) groups is 1. The molecule has 1 N–H and O–H groups in total. The molecule has 0 bridgehead atoms. The van der Waals surface area contributed by atoms with Gasteiger partial charge in [-0.1, -0.05) is 11.6 Å². The Bertz CT molecular complexity index is 649. The molecule has 0 aromatic carbocycles. The van der Waals surface area contributed by atoms with E-state index in [1.807, 2.05) is 0 Å². The van der Waals surface area contributed by atoms with Gasteiger partial charge in [0.15, 0.2) is 0 Å². The maximum Gasteiger partial charge on any atom is 0.338 e. The van der Waals surface area contributed by atoms with Gasteiger partial charge < -0.3 is 5.11 Å². The normalized spacial score (nSPS) is 10.5. The zero-order chi connectivity index (χ0) is 14.0. The average Bonchev–Trinajstić information content (AvgIpc) is 2.36. The fourth-order valence-corrected chi connectivity index (χ4v) is 2.57. The zero-order valence-corrected chi connectivity index (χ0v) is 11.8. The van der Waals surface area contributed by atoms with Crippen molar-refractivity contribution in [2.24, 2.45) is 0 Å². The number of aryl methyl sites for hydroxylation is 1. The van der Waals surface area contributed by atoms with E-state index in [1.54, 1.807) is 32.2 Å². The van der Waals surface area contributed by atoms with Crippen molar-refractivity contribution >= 4 is 29.3 Å². The first-order chi connectivity index (χ1) is 9.00. The molecule has 98 valence electrons. The van der Waals surface area contributed by atoms with Crippen molar-refractivity contribution in [2.75, 3.05) is 0 Å². The molecule has 0 radical (unpaired) electrons. The molecule has 0 unspecified atom stereocenters. The molecular weight excluding hydrogens is 286 g/mol. The molecule has 2 rings (SSSR count). The molecular formula is C12H10ClN3O2S. The first-order valence-electron chi connectivity index (χ1n) is 5.36. The van der Waals surface area contributed by atoms with Gasteiger partial charge in [-0.2, -0.15) is 5.10 Å². The first-order valence-corrected chi connectivity index (χ1v) is 6.55. The van der Waals surface area contributed by atoms with Gasteiger partial charge in [0.25, 0.3) is 0 Å². The molecule has 2 aromatic heterocycles. The topological polar surface area (TPSA) is 76.0 Å². The van der Waals surface area contributed by atoms with Crippen LogP contribution < -0.4 is 0 Å². The van der Waals surface area contributed by atoms with E-state index in [9.17, 15) is 9.90 Å². The van der Waals surface area contributed by atoms with Gasteiger partial charge in [-0.15, -0.1) is 5.10 Å². The number of hydrogen-bond donors (Lipinski definition) is 1. The Kier molecular flexibility index (Phi) is 4.01. The van der Waals surface area contributed by atoms with Crippen LogP contribution in [0.2, 0.25) is 5.02 Å². The summed E-state index contributed by atoms with van der Waals surface area (Å²) in [6, 6.07) is 3.39. The Morgan fingerprint density at radius 2 is 2.05 bits per heavy atom. The van der Waals surface area contributed by atoms with E-state index in [4.69, 9.17) is 11.6 Å². The third-order valence-electron chi connectivity index (χ3n) is 2.55. The van der Waals surface area contributed by atoms with Crippen molar-refractivity contribution < 1.29 is 9.90 Å². The predicted molar refractivity (Wildman–Crippen MR) is 71.8 cm³/mol. The smallest absolute Gasteiger partial charge is 0.338 e. The van der Waals surface area contributed by atoms with Crippen LogP contribution in [0.3, 0.4) is 0 Å². The number of nitrogens with zero attached hydrogens (tertiary/aromatic N) is 3. The highest BCUT2D eigenvalue weighted by molar-refractivity contribution is 7.99. The second kappa shape index (κ2) is 5.54. The molecule has 7 heteroatoms. The summed E-state index contributed by atoms with van der Waals surface area (Å²) in [6.45, 7) is 3.43. The van der Waals surface area contributed by atoms with Crippen molar-refractivity contribution in [3.63, 3.8) is 0 Å². The van der Waals surface area contributed by atoms with Crippen LogP contribution in [-0.4, -0.2) is 26.3 Å². The summed E-state index contributed by atoms with van der Waals surface area (Å²) in [5.41, 5.74) is 1.32. The van der Waals surface area contributed by atoms with Gasteiger partial charge in [-0.3, -0.25) is 0 Å². The number of rotatable bonds is 3. The third-order valence-corrected chi connectivity index (χ3v) is 3.97. The number of hydrogen-bond acceptors (Lipinski definition) is 5. The van der Waals surface area contributed by atoms with Crippen LogP contribution >= 0.6 is 23.4 Å². The molecule has 2 aromatic rings. The summed E-state index contributed by atoms with van der Waals surface area (Å²) in [6.07, 6.45) is 1.59. The third kappa shape index (κ3) is 2.85. The number of carboxylic acid groups (broad SMARTS) is 1. The van der Waals surface area contributed by atoms with Crippen molar-refractivity contribution in [1.29, 1.82) is 0 Å². The second-order valence-electron chi connectivity index (χ2n) is 3.79. The first kappa shape index (κ1) is 13.8. The number of aromatic carboxylic acids is 1. The van der Waals surface area contributed by atoms with E-state index >= 15 is 0 Å². The van der Waals surface area contributed by atoms with Crippen LogP contribution in [0.15, 0.2) is 28.4 Å². The van der Waals surface area contributed by atoms with E-state index in [0.717, 1.165) is 11.8 Å². The molecule has 0 aliphatic rings. The van der Waals surface area contributed by atoms with Crippen molar-refractivity contribution in [3.05, 3.63) is 40.2 Å². The highest BCUT2D eigenvalue weighted by Crippen LogP contribution is 2.33. The lowest BCUT2D eigenvalue weighted by Crippen LogP contribution is -2.08. The van der Waals surface area contributed by atoms with Crippen LogP contribution in [0.4, 0.5) is 0 Å². The molecule has 0 aliphatic carbocycles. The number of halogens is 1. The largest absolute Gasteiger partial charge is 0.478 e. The van der Waals surface area contributed by atoms with Gasteiger partial charge >= 0.3 is 5.97 Å². The molecule has 0 spiro atoms. The van der Waals surface area contributed by atoms with Gasteiger partial charge in [0.1, 0.15) is 10.1 Å². The van der Waals surface area contributed by atoms with Gasteiger partial charge in [0.05, 0.1) is 16.3 Å². The summed E-state index contributed by atoms with van der Waals surface area (Å²) < 4.78 is 0. The summed E-state index contributed by atoms with van der Waals surface area (Å²) in [5.74, 6) is -1.04. The lowest BCUT2D eigenvalue weighted by Gasteiger charge is -2.08. The standard InChI is InChI=1S/C12H10ClN3O2S/c1-6-7(2)15-16-11(9(6)12(17)18)19-10-8(13)4-3-5-14-10/h3-5H,1-2H3,(H,17,18). The molecule has 0 saturated heterocycles. The second-order valence-corrected chi connectivity index (χ2v) is 5.17. The van der Waals surface area contributed by atoms with Crippen LogP contribution in [0.5, 0.6) is 0 Å². The molecule has 5 nitrogen and oxygen atoms in total. The molecule has 0 fully saturated rings. The summed E-state index contributed by atoms with van der Waals surface area (Å²) in [5, 5.41) is 18.4. The zero-order valence-electron chi connectivity index (χ0n) is 10.2. The highest BCUT2D eigenvalue weighted by Gasteiger charge is 2.19. The monoisotopic (exact) mass is 295 g/mol. The molecule has 19 heavy (non-hydrogen) atoms. The molecule has 0 atom stereocenters. The number of pyridine rings is 1. The van der Waals surface area contributed by atoms with Crippen LogP contribution in [0, 0.1) is 13.8 Å². The lowest BCUT2D eigenvalue weighted by molar-refractivity contribution is 0.0690.